The summed E-state index contributed by atoms with van der Waals surface area (Å²) < 4.78 is 1.15. The minimum Gasteiger partial charge on any atom is -0.348 e. The molecule has 0 saturated carbocycles. The van der Waals surface area contributed by atoms with Crippen LogP contribution >= 0.6 is 11.3 Å². The van der Waals surface area contributed by atoms with E-state index in [1.807, 2.05) is 38.1 Å². The molecule has 0 aliphatic rings. The predicted octanol–water partition coefficient (Wildman–Crippen LogP) is 4.14. The fourth-order valence-corrected chi connectivity index (χ4v) is 3.32. The number of carbonyl (C=O) groups excluding carboxylic acids is 1. The van der Waals surface area contributed by atoms with Gasteiger partial charge < -0.3 is 4.98 Å². The zero-order chi connectivity index (χ0) is 14.1. The van der Waals surface area contributed by atoms with Crippen LogP contribution in [-0.4, -0.2) is 15.8 Å². The molecule has 0 fully saturated rings. The molecule has 0 radical (unpaired) electrons. The van der Waals surface area contributed by atoms with Crippen LogP contribution in [0.2, 0.25) is 0 Å². The molecular weight excluding hydrogens is 268 g/mol. The van der Waals surface area contributed by atoms with Crippen molar-refractivity contribution in [3.05, 3.63) is 58.5 Å². The Balaban J connectivity index is 1.99. The number of ketones is 1. The number of nitrogens with one attached hydrogen (secondary N) is 1. The number of fused-ring (bicyclic) bond motifs is 1. The van der Waals surface area contributed by atoms with Crippen molar-refractivity contribution in [2.45, 2.75) is 13.8 Å². The van der Waals surface area contributed by atoms with Gasteiger partial charge in [-0.1, -0.05) is 18.2 Å². The monoisotopic (exact) mass is 282 g/mol. The van der Waals surface area contributed by atoms with Crippen molar-refractivity contribution >= 4 is 33.3 Å². The van der Waals surface area contributed by atoms with Crippen molar-refractivity contribution in [1.82, 2.24) is 9.97 Å². The van der Waals surface area contributed by atoms with Crippen LogP contribution in [0.5, 0.6) is 0 Å². The van der Waals surface area contributed by atoms with Gasteiger partial charge in [0.05, 0.1) is 12.0 Å². The van der Waals surface area contributed by atoms with Crippen LogP contribution < -0.4 is 0 Å². The van der Waals surface area contributed by atoms with Gasteiger partial charge in [0.1, 0.15) is 0 Å². The number of carbonyl (C=O) groups is 1. The maximum absolute atomic E-state index is 12.4. The summed E-state index contributed by atoms with van der Waals surface area (Å²) >= 11 is 1.66. The smallest absolute Gasteiger partial charge is 0.187 e. The van der Waals surface area contributed by atoms with Gasteiger partial charge in [0, 0.05) is 26.2 Å². The van der Waals surface area contributed by atoms with E-state index in [1.54, 1.807) is 29.8 Å². The number of nitrogens with zero attached hydrogens (tertiary/aromatic N) is 1. The molecule has 0 bridgehead atoms. The summed E-state index contributed by atoms with van der Waals surface area (Å²) in [5, 5.41) is 1.03. The number of benzene rings is 1. The van der Waals surface area contributed by atoms with Crippen LogP contribution in [0.4, 0.5) is 0 Å². The molecule has 3 nitrogen and oxygen atoms in total. The zero-order valence-corrected chi connectivity index (χ0v) is 12.1. The Morgan fingerprint density at radius 1 is 1.30 bits per heavy atom. The Morgan fingerprint density at radius 3 is 2.85 bits per heavy atom. The maximum Gasteiger partial charge on any atom is 0.187 e. The summed E-state index contributed by atoms with van der Waals surface area (Å²) in [5.41, 5.74) is 2.56. The number of aryl methyl sites for hydroxylation is 2. The van der Waals surface area contributed by atoms with Gasteiger partial charge in [0.15, 0.2) is 5.78 Å². The highest BCUT2D eigenvalue weighted by molar-refractivity contribution is 7.19. The lowest BCUT2D eigenvalue weighted by Crippen LogP contribution is -1.95. The van der Waals surface area contributed by atoms with Crippen molar-refractivity contribution < 1.29 is 4.79 Å². The average molecular weight is 282 g/mol. The quantitative estimate of drug-likeness (QED) is 0.579. The largest absolute Gasteiger partial charge is 0.348 e. The van der Waals surface area contributed by atoms with E-state index in [-0.39, 0.29) is 5.78 Å². The third-order valence-corrected chi connectivity index (χ3v) is 4.37. The molecule has 100 valence electrons. The van der Waals surface area contributed by atoms with E-state index in [1.165, 1.54) is 0 Å². The van der Waals surface area contributed by atoms with Crippen molar-refractivity contribution in [1.29, 1.82) is 0 Å². The van der Waals surface area contributed by atoms with E-state index >= 15 is 0 Å². The highest BCUT2D eigenvalue weighted by atomic mass is 32.1. The first kappa shape index (κ1) is 12.8. The normalized spacial score (nSPS) is 11.5. The van der Waals surface area contributed by atoms with Gasteiger partial charge in [-0.2, -0.15) is 0 Å². The van der Waals surface area contributed by atoms with Crippen molar-refractivity contribution in [3.8, 4) is 0 Å². The third kappa shape index (κ3) is 2.18. The average Bonchev–Trinajstić information content (AvgIpc) is 2.98. The van der Waals surface area contributed by atoms with Gasteiger partial charge >= 0.3 is 0 Å². The van der Waals surface area contributed by atoms with Crippen LogP contribution in [0.15, 0.2) is 36.7 Å². The lowest BCUT2D eigenvalue weighted by atomic mass is 10.1. The first-order chi connectivity index (χ1) is 9.66. The summed E-state index contributed by atoms with van der Waals surface area (Å²) in [4.78, 5) is 20.6. The standard InChI is InChI=1S/C16H14N2OS/c1-10-13(18-9-17-10)7-8-14(19)16-11(2)20-15-6-4-3-5-12(15)16/h3-9H,1-2H3,(H,17,18)/b8-7+. The number of H-pyrrole nitrogens is 1. The van der Waals surface area contributed by atoms with E-state index < -0.39 is 0 Å². The molecule has 4 heteroatoms. The van der Waals surface area contributed by atoms with E-state index in [0.29, 0.717) is 0 Å². The van der Waals surface area contributed by atoms with E-state index in [0.717, 1.165) is 31.9 Å². The first-order valence-corrected chi connectivity index (χ1v) is 7.19. The number of hydrogen-bond acceptors (Lipinski definition) is 3. The molecule has 20 heavy (non-hydrogen) atoms. The van der Waals surface area contributed by atoms with Gasteiger partial charge in [-0.15, -0.1) is 11.3 Å². The molecular formula is C16H14N2OS. The zero-order valence-electron chi connectivity index (χ0n) is 11.3. The molecule has 1 aromatic carbocycles. The summed E-state index contributed by atoms with van der Waals surface area (Å²) in [6.45, 7) is 3.92. The fourth-order valence-electron chi connectivity index (χ4n) is 2.25. The predicted molar refractivity (Wildman–Crippen MR) is 83.3 cm³/mol. The molecule has 2 heterocycles. The van der Waals surface area contributed by atoms with Gasteiger partial charge in [-0.3, -0.25) is 4.79 Å². The Kier molecular flexibility index (Phi) is 3.24. The SMILES string of the molecule is Cc1[nH]cnc1/C=C/C(=O)c1c(C)sc2ccccc12. The molecule has 0 saturated heterocycles. The Morgan fingerprint density at radius 2 is 2.10 bits per heavy atom. The number of aromatic nitrogens is 2. The first-order valence-electron chi connectivity index (χ1n) is 6.37. The molecule has 0 aliphatic heterocycles. The van der Waals surface area contributed by atoms with E-state index in [2.05, 4.69) is 9.97 Å². The van der Waals surface area contributed by atoms with E-state index in [4.69, 9.17) is 0 Å². The molecule has 0 spiro atoms. The third-order valence-electron chi connectivity index (χ3n) is 3.28. The molecule has 3 rings (SSSR count). The molecule has 0 aliphatic carbocycles. The summed E-state index contributed by atoms with van der Waals surface area (Å²) in [6.07, 6.45) is 5.00. The molecule has 3 aromatic rings. The molecule has 0 unspecified atom stereocenters. The molecule has 2 aromatic heterocycles. The van der Waals surface area contributed by atoms with Crippen molar-refractivity contribution in [2.75, 3.05) is 0 Å². The van der Waals surface area contributed by atoms with Gasteiger partial charge in [-0.05, 0) is 32.1 Å². The van der Waals surface area contributed by atoms with Gasteiger partial charge in [-0.25, -0.2) is 4.98 Å². The lowest BCUT2D eigenvalue weighted by Gasteiger charge is -1.96. The maximum atomic E-state index is 12.4. The second-order valence-corrected chi connectivity index (χ2v) is 5.90. The summed E-state index contributed by atoms with van der Waals surface area (Å²) in [5.74, 6) is 0.0300. The van der Waals surface area contributed by atoms with Gasteiger partial charge in [0.25, 0.3) is 0 Å². The summed E-state index contributed by atoms with van der Waals surface area (Å²) in [7, 11) is 0. The number of aromatic amines is 1. The van der Waals surface area contributed by atoms with Crippen LogP contribution in [0.3, 0.4) is 0 Å². The minimum absolute atomic E-state index is 0.0300. The second kappa shape index (κ2) is 5.06. The van der Waals surface area contributed by atoms with Crippen molar-refractivity contribution in [2.24, 2.45) is 0 Å². The molecule has 0 amide bonds. The fraction of sp³-hybridized carbons (Fsp3) is 0.125. The Hall–Kier alpha value is -2.20. The van der Waals surface area contributed by atoms with E-state index in [9.17, 15) is 4.79 Å². The Labute approximate surface area is 121 Å². The topological polar surface area (TPSA) is 45.8 Å². The van der Waals surface area contributed by atoms with Gasteiger partial charge in [0.2, 0.25) is 0 Å². The highest BCUT2D eigenvalue weighted by Crippen LogP contribution is 2.31. The van der Waals surface area contributed by atoms with Crippen LogP contribution in [0.25, 0.3) is 16.2 Å². The second-order valence-electron chi connectivity index (χ2n) is 4.64. The molecule has 1 N–H and O–H groups in total. The van der Waals surface area contributed by atoms with Crippen molar-refractivity contribution in [3.63, 3.8) is 0 Å². The van der Waals surface area contributed by atoms with Crippen LogP contribution in [0.1, 0.15) is 26.6 Å². The number of allylic oxidation sites excluding steroid dienone is 1. The van der Waals surface area contributed by atoms with Crippen LogP contribution in [0, 0.1) is 13.8 Å². The Bertz CT molecular complexity index is 811. The lowest BCUT2D eigenvalue weighted by molar-refractivity contribution is 0.104. The number of hydrogen-bond donors (Lipinski definition) is 1. The van der Waals surface area contributed by atoms with Crippen LogP contribution in [-0.2, 0) is 0 Å². The number of thiophene rings is 1. The number of imidazole rings is 1. The summed E-state index contributed by atoms with van der Waals surface area (Å²) in [6, 6.07) is 8.01. The number of rotatable bonds is 3. The highest BCUT2D eigenvalue weighted by Gasteiger charge is 2.13. The minimum atomic E-state index is 0.0300. The molecule has 0 atom stereocenters.